The molecule has 2 N–H and O–H groups in total. The monoisotopic (exact) mass is 330 g/mol. The van der Waals surface area contributed by atoms with Crippen molar-refractivity contribution in [3.8, 4) is 5.75 Å². The Bertz CT molecular complexity index is 517. The molecule has 0 radical (unpaired) electrons. The number of carbonyl (C=O) groups is 1. The van der Waals surface area contributed by atoms with Crippen LogP contribution in [0.3, 0.4) is 0 Å². The van der Waals surface area contributed by atoms with Gasteiger partial charge in [0.05, 0.1) is 0 Å². The Labute approximate surface area is 133 Å². The maximum atomic E-state index is 12.1. The minimum absolute atomic E-state index is 0.0406. The van der Waals surface area contributed by atoms with Gasteiger partial charge in [-0.05, 0) is 50.4 Å². The number of ether oxygens (including phenoxy) is 1. The first-order valence-corrected chi connectivity index (χ1v) is 7.71. The van der Waals surface area contributed by atoms with Gasteiger partial charge in [0.1, 0.15) is 5.75 Å². The van der Waals surface area contributed by atoms with Crippen molar-refractivity contribution < 1.29 is 22.7 Å². The van der Waals surface area contributed by atoms with Crippen molar-refractivity contribution in [3.63, 3.8) is 0 Å². The lowest BCUT2D eigenvalue weighted by molar-refractivity contribution is -0.274. The summed E-state index contributed by atoms with van der Waals surface area (Å²) in [4.78, 5) is 12.0. The number of hydrogen-bond acceptors (Lipinski definition) is 3. The molecule has 7 heteroatoms. The van der Waals surface area contributed by atoms with E-state index >= 15 is 0 Å². The topological polar surface area (TPSA) is 50.4 Å². The predicted octanol–water partition coefficient (Wildman–Crippen LogP) is 2.77. The summed E-state index contributed by atoms with van der Waals surface area (Å²) in [5.74, 6) is -0.297. The Morgan fingerprint density at radius 3 is 2.65 bits per heavy atom. The SMILES string of the molecule is CC1NCCCC1NC(=O)CCc1ccc(OC(F)(F)F)cc1. The smallest absolute Gasteiger partial charge is 0.406 e. The summed E-state index contributed by atoms with van der Waals surface area (Å²) in [6.07, 6.45) is -1.90. The van der Waals surface area contributed by atoms with E-state index in [-0.39, 0.29) is 23.7 Å². The first-order valence-electron chi connectivity index (χ1n) is 7.71. The van der Waals surface area contributed by atoms with Crippen LogP contribution in [-0.4, -0.2) is 30.9 Å². The van der Waals surface area contributed by atoms with Crippen molar-refractivity contribution in [3.05, 3.63) is 29.8 Å². The van der Waals surface area contributed by atoms with Gasteiger partial charge < -0.3 is 15.4 Å². The van der Waals surface area contributed by atoms with E-state index < -0.39 is 6.36 Å². The molecule has 1 amide bonds. The summed E-state index contributed by atoms with van der Waals surface area (Å²) in [5, 5.41) is 6.32. The van der Waals surface area contributed by atoms with Gasteiger partial charge in [-0.15, -0.1) is 13.2 Å². The fourth-order valence-corrected chi connectivity index (χ4v) is 2.64. The third kappa shape index (κ3) is 6.09. The molecule has 128 valence electrons. The molecule has 0 bridgehead atoms. The first kappa shape index (κ1) is 17.6. The Balaban J connectivity index is 1.77. The highest BCUT2D eigenvalue weighted by Gasteiger charge is 2.31. The van der Waals surface area contributed by atoms with Gasteiger partial charge in [0, 0.05) is 18.5 Å². The van der Waals surface area contributed by atoms with Crippen LogP contribution in [0.15, 0.2) is 24.3 Å². The van der Waals surface area contributed by atoms with Crippen molar-refractivity contribution in [2.75, 3.05) is 6.54 Å². The summed E-state index contributed by atoms with van der Waals surface area (Å²) in [6.45, 7) is 3.02. The maximum Gasteiger partial charge on any atom is 0.573 e. The first-order chi connectivity index (χ1) is 10.8. The van der Waals surface area contributed by atoms with Crippen molar-refractivity contribution in [2.24, 2.45) is 0 Å². The number of halogens is 3. The van der Waals surface area contributed by atoms with E-state index in [0.717, 1.165) is 24.9 Å². The highest BCUT2D eigenvalue weighted by Crippen LogP contribution is 2.23. The molecule has 2 unspecified atom stereocenters. The van der Waals surface area contributed by atoms with Crippen LogP contribution in [0, 0.1) is 0 Å². The Morgan fingerprint density at radius 1 is 1.35 bits per heavy atom. The van der Waals surface area contributed by atoms with Crippen LogP contribution in [0.4, 0.5) is 13.2 Å². The molecule has 1 aromatic carbocycles. The normalized spacial score (nSPS) is 21.7. The minimum Gasteiger partial charge on any atom is -0.406 e. The van der Waals surface area contributed by atoms with Crippen molar-refractivity contribution in [1.29, 1.82) is 0 Å². The fraction of sp³-hybridized carbons (Fsp3) is 0.562. The van der Waals surface area contributed by atoms with E-state index in [1.165, 1.54) is 12.1 Å². The molecule has 1 aliphatic heterocycles. The Morgan fingerprint density at radius 2 is 2.04 bits per heavy atom. The zero-order valence-corrected chi connectivity index (χ0v) is 13.0. The summed E-state index contributed by atoms with van der Waals surface area (Å²) < 4.78 is 40.0. The number of amides is 1. The molecule has 1 saturated heterocycles. The van der Waals surface area contributed by atoms with Crippen LogP contribution >= 0.6 is 0 Å². The number of carbonyl (C=O) groups excluding carboxylic acids is 1. The predicted molar refractivity (Wildman–Crippen MR) is 80.1 cm³/mol. The maximum absolute atomic E-state index is 12.1. The molecule has 0 aromatic heterocycles. The lowest BCUT2D eigenvalue weighted by Gasteiger charge is -2.30. The van der Waals surface area contributed by atoms with Crippen LogP contribution in [0.25, 0.3) is 0 Å². The van der Waals surface area contributed by atoms with E-state index in [4.69, 9.17) is 0 Å². The zero-order valence-electron chi connectivity index (χ0n) is 13.0. The van der Waals surface area contributed by atoms with E-state index in [0.29, 0.717) is 12.8 Å². The largest absolute Gasteiger partial charge is 0.573 e. The molecule has 0 aliphatic carbocycles. The number of piperidine rings is 1. The highest BCUT2D eigenvalue weighted by atomic mass is 19.4. The van der Waals surface area contributed by atoms with Gasteiger partial charge in [-0.25, -0.2) is 0 Å². The molecule has 0 spiro atoms. The van der Waals surface area contributed by atoms with E-state index in [1.54, 1.807) is 12.1 Å². The molecule has 1 aromatic rings. The van der Waals surface area contributed by atoms with Crippen molar-refractivity contribution in [2.45, 2.75) is 51.1 Å². The lowest BCUT2D eigenvalue weighted by atomic mass is 9.99. The zero-order chi connectivity index (χ0) is 16.9. The van der Waals surface area contributed by atoms with E-state index in [1.807, 2.05) is 6.92 Å². The number of nitrogens with one attached hydrogen (secondary N) is 2. The molecule has 1 heterocycles. The average molecular weight is 330 g/mol. The number of aryl methyl sites for hydroxylation is 1. The van der Waals surface area contributed by atoms with Crippen molar-refractivity contribution in [1.82, 2.24) is 10.6 Å². The average Bonchev–Trinajstić information content (AvgIpc) is 2.47. The molecular weight excluding hydrogens is 309 g/mol. The molecule has 4 nitrogen and oxygen atoms in total. The minimum atomic E-state index is -4.69. The van der Waals surface area contributed by atoms with Crippen molar-refractivity contribution >= 4 is 5.91 Å². The molecule has 2 rings (SSSR count). The second kappa shape index (κ2) is 7.68. The number of hydrogen-bond donors (Lipinski definition) is 2. The molecule has 1 fully saturated rings. The number of alkyl halides is 3. The van der Waals surface area contributed by atoms with Gasteiger partial charge in [0.15, 0.2) is 0 Å². The number of rotatable bonds is 5. The summed E-state index contributed by atoms with van der Waals surface area (Å²) >= 11 is 0. The standard InChI is InChI=1S/C16H21F3N2O2/c1-11-14(3-2-10-20-11)21-15(22)9-6-12-4-7-13(8-5-12)23-16(17,18)19/h4-5,7-8,11,14,20H,2-3,6,9-10H2,1H3,(H,21,22). The van der Waals surface area contributed by atoms with Crippen LogP contribution in [0.2, 0.25) is 0 Å². The van der Waals surface area contributed by atoms with Crippen LogP contribution in [-0.2, 0) is 11.2 Å². The van der Waals surface area contributed by atoms with Gasteiger partial charge >= 0.3 is 6.36 Å². The lowest BCUT2D eigenvalue weighted by Crippen LogP contribution is -2.51. The van der Waals surface area contributed by atoms with Gasteiger partial charge in [0.2, 0.25) is 5.91 Å². The van der Waals surface area contributed by atoms with Gasteiger partial charge in [-0.3, -0.25) is 4.79 Å². The van der Waals surface area contributed by atoms with E-state index in [9.17, 15) is 18.0 Å². The van der Waals surface area contributed by atoms with Gasteiger partial charge in [-0.2, -0.15) is 0 Å². The van der Waals surface area contributed by atoms with E-state index in [2.05, 4.69) is 15.4 Å². The third-order valence-corrected chi connectivity index (χ3v) is 3.91. The van der Waals surface area contributed by atoms with Crippen LogP contribution in [0.1, 0.15) is 31.7 Å². The number of benzene rings is 1. The quantitative estimate of drug-likeness (QED) is 0.873. The summed E-state index contributed by atoms with van der Waals surface area (Å²) in [7, 11) is 0. The summed E-state index contributed by atoms with van der Waals surface area (Å²) in [6, 6.07) is 5.99. The Hall–Kier alpha value is -1.76. The second-order valence-corrected chi connectivity index (χ2v) is 5.75. The molecule has 0 saturated carbocycles. The molecule has 2 atom stereocenters. The highest BCUT2D eigenvalue weighted by molar-refractivity contribution is 5.76. The summed E-state index contributed by atoms with van der Waals surface area (Å²) in [5.41, 5.74) is 0.796. The third-order valence-electron chi connectivity index (χ3n) is 3.91. The van der Waals surface area contributed by atoms with Gasteiger partial charge in [-0.1, -0.05) is 12.1 Å². The second-order valence-electron chi connectivity index (χ2n) is 5.75. The molecular formula is C16H21F3N2O2. The van der Waals surface area contributed by atoms with Gasteiger partial charge in [0.25, 0.3) is 0 Å². The van der Waals surface area contributed by atoms with Crippen LogP contribution < -0.4 is 15.4 Å². The van der Waals surface area contributed by atoms with Crippen LogP contribution in [0.5, 0.6) is 5.75 Å². The molecule has 23 heavy (non-hydrogen) atoms. The Kier molecular flexibility index (Phi) is 5.87. The fourth-order valence-electron chi connectivity index (χ4n) is 2.64. The molecule has 1 aliphatic rings.